The quantitative estimate of drug-likeness (QED) is 0.255. The van der Waals surface area contributed by atoms with Crippen molar-refractivity contribution in [1.82, 2.24) is 9.97 Å². The number of carbonyl (C=O) groups excluding carboxylic acids is 1. The van der Waals surface area contributed by atoms with Gasteiger partial charge in [-0.2, -0.15) is 0 Å². The number of para-hydroxylation sites is 1. The molecule has 0 atom stereocenters. The third-order valence-corrected chi connectivity index (χ3v) is 8.65. The fourth-order valence-electron chi connectivity index (χ4n) is 2.88. The summed E-state index contributed by atoms with van der Waals surface area (Å²) in [5.74, 6) is 0.196. The summed E-state index contributed by atoms with van der Waals surface area (Å²) in [6.07, 6.45) is 1.76. The van der Waals surface area contributed by atoms with Crippen molar-refractivity contribution in [2.24, 2.45) is 0 Å². The Balaban J connectivity index is 1.50. The van der Waals surface area contributed by atoms with Crippen LogP contribution >= 0.6 is 50.4 Å². The van der Waals surface area contributed by atoms with Crippen LogP contribution in [0.25, 0.3) is 20.0 Å². The van der Waals surface area contributed by atoms with Crippen LogP contribution in [0.1, 0.15) is 11.1 Å². The number of benzene rings is 1. The topological polar surface area (TPSA) is 54.9 Å². The summed E-state index contributed by atoms with van der Waals surface area (Å²) in [5, 5.41) is 4.80. The zero-order valence-corrected chi connectivity index (χ0v) is 19.2. The van der Waals surface area contributed by atoms with Gasteiger partial charge in [-0.05, 0) is 59.1 Å². The minimum atomic E-state index is -0.0708. The van der Waals surface area contributed by atoms with Crippen molar-refractivity contribution in [1.29, 1.82) is 0 Å². The summed E-state index contributed by atoms with van der Waals surface area (Å²) in [6, 6.07) is 11.4. The standard InChI is InChI=1S/C20H16BrN3OS3/c1-11-16-12(2)18(21)28-19(16)27-17(11)14-8-9-22-20(24-14)26-10-15(25)23-13-6-4-3-5-7-13/h3-9H,10H2,1-2H3,(H,23,25). The summed E-state index contributed by atoms with van der Waals surface area (Å²) in [5.41, 5.74) is 4.22. The Bertz CT molecular complexity index is 1150. The summed E-state index contributed by atoms with van der Waals surface area (Å²) >= 11 is 8.49. The number of aryl methyl sites for hydroxylation is 2. The highest BCUT2D eigenvalue weighted by Gasteiger charge is 2.18. The molecule has 0 aliphatic carbocycles. The molecular formula is C20H16BrN3OS3. The van der Waals surface area contributed by atoms with Gasteiger partial charge in [0.2, 0.25) is 5.91 Å². The molecule has 4 nitrogen and oxygen atoms in total. The van der Waals surface area contributed by atoms with Crippen LogP contribution in [0.3, 0.4) is 0 Å². The Morgan fingerprint density at radius 3 is 2.68 bits per heavy atom. The molecular weight excluding hydrogens is 474 g/mol. The lowest BCUT2D eigenvalue weighted by Crippen LogP contribution is -2.14. The molecule has 8 heteroatoms. The average molecular weight is 490 g/mol. The number of anilines is 1. The van der Waals surface area contributed by atoms with Gasteiger partial charge >= 0.3 is 0 Å². The van der Waals surface area contributed by atoms with Gasteiger partial charge in [-0.1, -0.05) is 30.0 Å². The highest BCUT2D eigenvalue weighted by Crippen LogP contribution is 2.46. The first-order valence-corrected chi connectivity index (χ1v) is 11.9. The molecule has 0 unspecified atom stereocenters. The molecule has 1 aromatic carbocycles. The summed E-state index contributed by atoms with van der Waals surface area (Å²) < 4.78 is 2.48. The van der Waals surface area contributed by atoms with Crippen molar-refractivity contribution in [2.45, 2.75) is 19.0 Å². The zero-order valence-electron chi connectivity index (χ0n) is 15.2. The highest BCUT2D eigenvalue weighted by molar-refractivity contribution is 9.11. The first-order valence-electron chi connectivity index (χ1n) is 8.52. The molecule has 4 rings (SSSR count). The number of thioether (sulfide) groups is 1. The molecule has 142 valence electrons. The van der Waals surface area contributed by atoms with E-state index in [2.05, 4.69) is 45.1 Å². The van der Waals surface area contributed by atoms with Crippen LogP contribution < -0.4 is 5.32 Å². The van der Waals surface area contributed by atoms with E-state index in [1.54, 1.807) is 28.9 Å². The number of thiophene rings is 2. The Hall–Kier alpha value is -1.74. The second-order valence-corrected chi connectivity index (χ2v) is 10.7. The van der Waals surface area contributed by atoms with Crippen molar-refractivity contribution in [2.75, 3.05) is 11.1 Å². The number of carbonyl (C=O) groups is 1. The summed E-state index contributed by atoms with van der Waals surface area (Å²) in [7, 11) is 0. The van der Waals surface area contributed by atoms with E-state index >= 15 is 0 Å². The van der Waals surface area contributed by atoms with E-state index in [4.69, 9.17) is 0 Å². The van der Waals surface area contributed by atoms with Gasteiger partial charge in [0.25, 0.3) is 0 Å². The maximum absolute atomic E-state index is 12.2. The lowest BCUT2D eigenvalue weighted by atomic mass is 10.1. The van der Waals surface area contributed by atoms with E-state index in [1.165, 1.54) is 36.1 Å². The molecule has 28 heavy (non-hydrogen) atoms. The molecule has 0 aliphatic rings. The monoisotopic (exact) mass is 489 g/mol. The Morgan fingerprint density at radius 1 is 1.14 bits per heavy atom. The van der Waals surface area contributed by atoms with Crippen LogP contribution in [0.5, 0.6) is 0 Å². The lowest BCUT2D eigenvalue weighted by molar-refractivity contribution is -0.113. The third kappa shape index (κ3) is 4.00. The van der Waals surface area contributed by atoms with E-state index < -0.39 is 0 Å². The number of hydrogen-bond acceptors (Lipinski definition) is 6. The molecule has 0 bridgehead atoms. The molecule has 0 saturated heterocycles. The van der Waals surface area contributed by atoms with Gasteiger partial charge in [0.15, 0.2) is 5.16 Å². The van der Waals surface area contributed by atoms with Crippen LogP contribution in [-0.4, -0.2) is 21.6 Å². The number of nitrogens with zero attached hydrogens (tertiary/aromatic N) is 2. The van der Waals surface area contributed by atoms with Crippen molar-refractivity contribution < 1.29 is 4.79 Å². The highest BCUT2D eigenvalue weighted by atomic mass is 79.9. The zero-order chi connectivity index (χ0) is 19.7. The normalized spacial score (nSPS) is 11.1. The number of aromatic nitrogens is 2. The maximum atomic E-state index is 12.2. The summed E-state index contributed by atoms with van der Waals surface area (Å²) in [4.78, 5) is 22.3. The Labute approximate surface area is 183 Å². The fourth-order valence-corrected chi connectivity index (χ4v) is 7.08. The fraction of sp³-hybridized carbons (Fsp3) is 0.150. The van der Waals surface area contributed by atoms with E-state index in [1.807, 2.05) is 36.4 Å². The number of rotatable bonds is 5. The summed E-state index contributed by atoms with van der Waals surface area (Å²) in [6.45, 7) is 4.28. The van der Waals surface area contributed by atoms with Crippen LogP contribution in [0.4, 0.5) is 5.69 Å². The minimum absolute atomic E-state index is 0.0708. The lowest BCUT2D eigenvalue weighted by Gasteiger charge is -2.05. The average Bonchev–Trinajstić information content (AvgIpc) is 3.17. The second-order valence-electron chi connectivity index (χ2n) is 6.15. The number of hydrogen-bond donors (Lipinski definition) is 1. The number of nitrogens with one attached hydrogen (secondary N) is 1. The molecule has 3 heterocycles. The number of halogens is 1. The van der Waals surface area contributed by atoms with Crippen LogP contribution in [0.2, 0.25) is 0 Å². The van der Waals surface area contributed by atoms with E-state index in [-0.39, 0.29) is 11.7 Å². The van der Waals surface area contributed by atoms with E-state index in [9.17, 15) is 4.79 Å². The van der Waals surface area contributed by atoms with Gasteiger partial charge in [-0.15, -0.1) is 22.7 Å². The molecule has 1 amide bonds. The minimum Gasteiger partial charge on any atom is -0.325 e. The van der Waals surface area contributed by atoms with Gasteiger partial charge < -0.3 is 5.32 Å². The van der Waals surface area contributed by atoms with Crippen LogP contribution in [-0.2, 0) is 4.79 Å². The predicted octanol–water partition coefficient (Wildman–Crippen LogP) is 6.53. The molecule has 3 aromatic heterocycles. The van der Waals surface area contributed by atoms with Crippen molar-refractivity contribution in [3.05, 3.63) is 57.5 Å². The van der Waals surface area contributed by atoms with Gasteiger partial charge in [-0.3, -0.25) is 4.79 Å². The Kier molecular flexibility index (Phi) is 5.82. The number of fused-ring (bicyclic) bond motifs is 1. The van der Waals surface area contributed by atoms with Gasteiger partial charge in [-0.25, -0.2) is 9.97 Å². The van der Waals surface area contributed by atoms with Crippen molar-refractivity contribution >= 4 is 71.4 Å². The molecule has 0 aliphatic heterocycles. The first-order chi connectivity index (χ1) is 13.5. The number of amides is 1. The Morgan fingerprint density at radius 2 is 1.93 bits per heavy atom. The second kappa shape index (κ2) is 8.32. The predicted molar refractivity (Wildman–Crippen MR) is 124 cm³/mol. The van der Waals surface area contributed by atoms with Crippen LogP contribution in [0.15, 0.2) is 51.5 Å². The molecule has 1 N–H and O–H groups in total. The van der Waals surface area contributed by atoms with Crippen LogP contribution in [0, 0.1) is 13.8 Å². The molecule has 4 aromatic rings. The largest absolute Gasteiger partial charge is 0.325 e. The first kappa shape index (κ1) is 19.6. The van der Waals surface area contributed by atoms with Crippen molar-refractivity contribution in [3.63, 3.8) is 0 Å². The van der Waals surface area contributed by atoms with E-state index in [0.717, 1.165) is 16.3 Å². The molecule has 0 spiro atoms. The van der Waals surface area contributed by atoms with Gasteiger partial charge in [0.1, 0.15) is 0 Å². The molecule has 0 radical (unpaired) electrons. The smallest absolute Gasteiger partial charge is 0.234 e. The van der Waals surface area contributed by atoms with E-state index in [0.29, 0.717) is 5.16 Å². The van der Waals surface area contributed by atoms with Gasteiger partial charge in [0, 0.05) is 17.3 Å². The molecule has 0 fully saturated rings. The SMILES string of the molecule is Cc1c(Br)sc2sc(-c3ccnc(SCC(=O)Nc4ccccc4)n3)c(C)c12. The molecule has 0 saturated carbocycles. The van der Waals surface area contributed by atoms with Crippen molar-refractivity contribution in [3.8, 4) is 10.6 Å². The maximum Gasteiger partial charge on any atom is 0.234 e. The third-order valence-electron chi connectivity index (χ3n) is 4.22. The van der Waals surface area contributed by atoms with Gasteiger partial charge in [0.05, 0.1) is 24.1 Å².